The molecule has 2 rings (SSSR count). The van der Waals surface area contributed by atoms with E-state index in [0.29, 0.717) is 6.54 Å². The Morgan fingerprint density at radius 1 is 1.14 bits per heavy atom. The van der Waals surface area contributed by atoms with Crippen LogP contribution in [0.3, 0.4) is 0 Å². The van der Waals surface area contributed by atoms with Crippen LogP contribution in [0, 0.1) is 11.6 Å². The number of halogens is 3. The van der Waals surface area contributed by atoms with Crippen LogP contribution in [-0.4, -0.2) is 6.10 Å². The van der Waals surface area contributed by atoms with Gasteiger partial charge in [-0.3, -0.25) is 0 Å². The van der Waals surface area contributed by atoms with Crippen LogP contribution in [0.25, 0.3) is 0 Å². The van der Waals surface area contributed by atoms with Crippen molar-refractivity contribution in [3.05, 3.63) is 58.1 Å². The van der Waals surface area contributed by atoms with E-state index >= 15 is 0 Å². The van der Waals surface area contributed by atoms with Gasteiger partial charge in [0.15, 0.2) is 0 Å². The molecule has 0 amide bonds. The van der Waals surface area contributed by atoms with Gasteiger partial charge in [0.2, 0.25) is 0 Å². The SMILES string of the molecule is CC(C)Oc1cccc(CNc2cc(F)c(Br)cc2F)c1. The van der Waals surface area contributed by atoms with Gasteiger partial charge in [0, 0.05) is 12.6 Å². The van der Waals surface area contributed by atoms with Gasteiger partial charge >= 0.3 is 0 Å². The first-order valence-electron chi connectivity index (χ1n) is 6.59. The highest BCUT2D eigenvalue weighted by Gasteiger charge is 2.08. The maximum absolute atomic E-state index is 13.7. The van der Waals surface area contributed by atoms with E-state index in [4.69, 9.17) is 4.74 Å². The molecule has 0 fully saturated rings. The molecular formula is C16H16BrF2NO. The molecule has 1 N–H and O–H groups in total. The monoisotopic (exact) mass is 355 g/mol. The van der Waals surface area contributed by atoms with Gasteiger partial charge in [-0.2, -0.15) is 0 Å². The lowest BCUT2D eigenvalue weighted by molar-refractivity contribution is 0.242. The molecule has 0 heterocycles. The second-order valence-corrected chi connectivity index (χ2v) is 5.77. The van der Waals surface area contributed by atoms with E-state index in [1.165, 1.54) is 0 Å². The molecule has 21 heavy (non-hydrogen) atoms. The molecule has 0 bridgehead atoms. The summed E-state index contributed by atoms with van der Waals surface area (Å²) in [7, 11) is 0. The van der Waals surface area contributed by atoms with Gasteiger partial charge in [0.1, 0.15) is 17.4 Å². The highest BCUT2D eigenvalue weighted by Crippen LogP contribution is 2.24. The molecule has 0 aliphatic carbocycles. The summed E-state index contributed by atoms with van der Waals surface area (Å²) in [5, 5.41) is 2.89. The fourth-order valence-corrected chi connectivity index (χ4v) is 2.17. The number of anilines is 1. The molecular weight excluding hydrogens is 340 g/mol. The van der Waals surface area contributed by atoms with Crippen LogP contribution >= 0.6 is 15.9 Å². The van der Waals surface area contributed by atoms with Crippen LogP contribution in [0.4, 0.5) is 14.5 Å². The van der Waals surface area contributed by atoms with Gasteiger partial charge in [-0.15, -0.1) is 0 Å². The maximum Gasteiger partial charge on any atom is 0.147 e. The second-order valence-electron chi connectivity index (χ2n) is 4.91. The fourth-order valence-electron chi connectivity index (χ4n) is 1.86. The zero-order valence-corrected chi connectivity index (χ0v) is 13.4. The molecule has 0 aromatic heterocycles. The summed E-state index contributed by atoms with van der Waals surface area (Å²) in [6.07, 6.45) is 0.0891. The molecule has 0 radical (unpaired) electrons. The standard InChI is InChI=1S/C16H16BrF2NO/c1-10(2)21-12-5-3-4-11(6-12)9-20-16-8-14(18)13(17)7-15(16)19/h3-8,10,20H,9H2,1-2H3. The third-order valence-corrected chi connectivity index (χ3v) is 3.37. The lowest BCUT2D eigenvalue weighted by Gasteiger charge is -2.12. The van der Waals surface area contributed by atoms with Gasteiger partial charge in [0.25, 0.3) is 0 Å². The zero-order chi connectivity index (χ0) is 15.4. The smallest absolute Gasteiger partial charge is 0.147 e. The maximum atomic E-state index is 13.7. The van der Waals surface area contributed by atoms with Crippen LogP contribution in [-0.2, 0) is 6.54 Å². The first kappa shape index (κ1) is 15.8. The minimum atomic E-state index is -0.504. The Balaban J connectivity index is 2.08. The molecule has 0 aliphatic heterocycles. The highest BCUT2D eigenvalue weighted by molar-refractivity contribution is 9.10. The van der Waals surface area contributed by atoms with E-state index in [1.54, 1.807) is 0 Å². The van der Waals surface area contributed by atoms with E-state index in [1.807, 2.05) is 38.1 Å². The Kier molecular flexibility index (Phi) is 5.17. The summed E-state index contributed by atoms with van der Waals surface area (Å²) in [5.74, 6) is -0.250. The Morgan fingerprint density at radius 3 is 2.62 bits per heavy atom. The van der Waals surface area contributed by atoms with Gasteiger partial charge < -0.3 is 10.1 Å². The van der Waals surface area contributed by atoms with Gasteiger partial charge in [-0.25, -0.2) is 8.78 Å². The molecule has 2 aromatic rings. The van der Waals surface area contributed by atoms with Crippen molar-refractivity contribution < 1.29 is 13.5 Å². The van der Waals surface area contributed by atoms with E-state index in [0.717, 1.165) is 23.4 Å². The molecule has 5 heteroatoms. The summed E-state index contributed by atoms with van der Waals surface area (Å²) >= 11 is 2.95. The van der Waals surface area contributed by atoms with Crippen molar-refractivity contribution in [2.45, 2.75) is 26.5 Å². The highest BCUT2D eigenvalue weighted by atomic mass is 79.9. The quantitative estimate of drug-likeness (QED) is 0.751. The number of ether oxygens (including phenoxy) is 1. The average molecular weight is 356 g/mol. The molecule has 0 spiro atoms. The Morgan fingerprint density at radius 2 is 1.90 bits per heavy atom. The van der Waals surface area contributed by atoms with Crippen molar-refractivity contribution in [2.75, 3.05) is 5.32 Å². The van der Waals surface area contributed by atoms with E-state index < -0.39 is 11.6 Å². The van der Waals surface area contributed by atoms with Gasteiger partial charge in [-0.05, 0) is 53.5 Å². The molecule has 2 aromatic carbocycles. The molecule has 0 saturated carbocycles. The number of rotatable bonds is 5. The van der Waals surface area contributed by atoms with Crippen molar-refractivity contribution in [1.82, 2.24) is 0 Å². The molecule has 0 aliphatic rings. The molecule has 0 atom stereocenters. The van der Waals surface area contributed by atoms with Crippen molar-refractivity contribution in [1.29, 1.82) is 0 Å². The van der Waals surface area contributed by atoms with E-state index in [2.05, 4.69) is 21.2 Å². The summed E-state index contributed by atoms with van der Waals surface area (Å²) in [6, 6.07) is 9.74. The summed E-state index contributed by atoms with van der Waals surface area (Å²) in [4.78, 5) is 0. The van der Waals surface area contributed by atoms with Crippen molar-refractivity contribution in [3.8, 4) is 5.75 Å². The lowest BCUT2D eigenvalue weighted by Crippen LogP contribution is -2.06. The number of nitrogens with one attached hydrogen (secondary N) is 1. The third-order valence-electron chi connectivity index (χ3n) is 2.76. The Labute approximate surface area is 131 Å². The number of hydrogen-bond donors (Lipinski definition) is 1. The average Bonchev–Trinajstić information content (AvgIpc) is 2.41. The first-order valence-corrected chi connectivity index (χ1v) is 7.39. The van der Waals surface area contributed by atoms with Crippen LogP contribution in [0.15, 0.2) is 40.9 Å². The van der Waals surface area contributed by atoms with Crippen molar-refractivity contribution in [3.63, 3.8) is 0 Å². The van der Waals surface area contributed by atoms with Crippen LogP contribution in [0.5, 0.6) is 5.75 Å². The van der Waals surface area contributed by atoms with Gasteiger partial charge in [-0.1, -0.05) is 12.1 Å². The van der Waals surface area contributed by atoms with Crippen LogP contribution in [0.2, 0.25) is 0 Å². The second kappa shape index (κ2) is 6.89. The predicted molar refractivity (Wildman–Crippen MR) is 83.6 cm³/mol. The minimum Gasteiger partial charge on any atom is -0.491 e. The largest absolute Gasteiger partial charge is 0.491 e. The number of benzene rings is 2. The Hall–Kier alpha value is -1.62. The van der Waals surface area contributed by atoms with E-state index in [9.17, 15) is 8.78 Å². The van der Waals surface area contributed by atoms with Crippen LogP contribution < -0.4 is 10.1 Å². The molecule has 112 valence electrons. The van der Waals surface area contributed by atoms with Crippen molar-refractivity contribution >= 4 is 21.6 Å². The molecule has 0 unspecified atom stereocenters. The lowest BCUT2D eigenvalue weighted by atomic mass is 10.2. The molecule has 2 nitrogen and oxygen atoms in total. The normalized spacial score (nSPS) is 10.8. The zero-order valence-electron chi connectivity index (χ0n) is 11.8. The van der Waals surface area contributed by atoms with Gasteiger partial charge in [0.05, 0.1) is 16.3 Å². The first-order chi connectivity index (χ1) is 9.95. The summed E-state index contributed by atoms with van der Waals surface area (Å²) < 4.78 is 32.8. The van der Waals surface area contributed by atoms with E-state index in [-0.39, 0.29) is 16.3 Å². The third kappa shape index (κ3) is 4.43. The topological polar surface area (TPSA) is 21.3 Å². The predicted octanol–water partition coefficient (Wildman–Crippen LogP) is 5.13. The van der Waals surface area contributed by atoms with Crippen molar-refractivity contribution in [2.24, 2.45) is 0 Å². The van der Waals surface area contributed by atoms with Crippen LogP contribution in [0.1, 0.15) is 19.4 Å². The minimum absolute atomic E-state index is 0.0891. The fraction of sp³-hybridized carbons (Fsp3) is 0.250. The Bertz CT molecular complexity index is 632. The molecule has 0 saturated heterocycles. The summed E-state index contributed by atoms with van der Waals surface area (Å²) in [5.41, 5.74) is 1.06. The number of hydrogen-bond acceptors (Lipinski definition) is 2. The summed E-state index contributed by atoms with van der Waals surface area (Å²) in [6.45, 7) is 4.28.